The summed E-state index contributed by atoms with van der Waals surface area (Å²) in [5, 5.41) is 133. The zero-order valence-electron chi connectivity index (χ0n) is 43.4. The van der Waals surface area contributed by atoms with Gasteiger partial charge in [0.15, 0.2) is 25.0 Å². The molecule has 0 aromatic carbocycles. The molecule has 0 radical (unpaired) electrons. The molecule has 21 heteroatoms. The molecule has 0 aromatic rings. The van der Waals surface area contributed by atoms with Gasteiger partial charge in [-0.2, -0.15) is 0 Å². The maximum absolute atomic E-state index is 13.4. The molecule has 8 aliphatic rings. The van der Waals surface area contributed by atoms with Crippen LogP contribution in [0.4, 0.5) is 0 Å². The van der Waals surface area contributed by atoms with Crippen molar-refractivity contribution in [1.29, 1.82) is 0 Å². The average molecular weight is 1040 g/mol. The quantitative estimate of drug-likeness (QED) is 0.0551. The fourth-order valence-corrected chi connectivity index (χ4v) is 15.7. The molecule has 3 saturated heterocycles. The molecule has 0 spiro atoms. The SMILES string of the molecule is C/C=C(\C)C(=O)O[C@H]1CC(C)(C)C[C@H]2C3=CC[C@@H]4[C@@]5(C)CC[C@H](O[C@@H]6O[C@H](C(=O)O)[C@@H](O)[C@H](O[C@@H]7OC[C@@H](O)[C@H](O)[C@H]7O)[C@H]6O[C@@H]6O[C@H](CO)[C@@H](O)[C@H](O)[C@H]6O)C(C)(C)[C@@H]5CC[C@@]4(C)[C@]3(C)[C@@H](O)[C@@H](O)[C@@]12CO. The number of carbonyl (C=O) groups is 2. The van der Waals surface area contributed by atoms with Crippen LogP contribution in [0.1, 0.15) is 107 Å². The molecule has 25 atom stereocenters. The second-order valence-corrected chi connectivity index (χ2v) is 24.7. The van der Waals surface area contributed by atoms with Crippen LogP contribution in [0.2, 0.25) is 0 Å². The van der Waals surface area contributed by atoms with Gasteiger partial charge in [-0.25, -0.2) is 9.59 Å². The van der Waals surface area contributed by atoms with Crippen LogP contribution in [-0.2, 0) is 42.7 Å². The zero-order chi connectivity index (χ0) is 53.9. The molecule has 416 valence electrons. The van der Waals surface area contributed by atoms with E-state index in [1.54, 1.807) is 19.9 Å². The van der Waals surface area contributed by atoms with E-state index in [-0.39, 0.29) is 17.3 Å². The third-order valence-corrected chi connectivity index (χ3v) is 20.1. The first-order valence-electron chi connectivity index (χ1n) is 26.0. The van der Waals surface area contributed by atoms with Crippen molar-refractivity contribution in [2.24, 2.45) is 50.2 Å². The third kappa shape index (κ3) is 8.89. The summed E-state index contributed by atoms with van der Waals surface area (Å²) in [5.74, 6) is -2.76. The monoisotopic (exact) mass is 1040 g/mol. The Bertz CT molecular complexity index is 2100. The van der Waals surface area contributed by atoms with Gasteiger partial charge < -0.3 is 94.4 Å². The Morgan fingerprint density at radius 1 is 0.726 bits per heavy atom. The van der Waals surface area contributed by atoms with Crippen LogP contribution in [-0.4, -0.2) is 203 Å². The van der Waals surface area contributed by atoms with Crippen LogP contribution in [0.3, 0.4) is 0 Å². The smallest absolute Gasteiger partial charge is 0.335 e. The van der Waals surface area contributed by atoms with E-state index in [1.165, 1.54) is 0 Å². The van der Waals surface area contributed by atoms with Crippen LogP contribution >= 0.6 is 0 Å². The summed E-state index contributed by atoms with van der Waals surface area (Å²) in [4.78, 5) is 26.2. The van der Waals surface area contributed by atoms with Crippen molar-refractivity contribution >= 4 is 11.9 Å². The Morgan fingerprint density at radius 3 is 2.01 bits per heavy atom. The van der Waals surface area contributed by atoms with Crippen LogP contribution in [0.5, 0.6) is 0 Å². The molecule has 21 nitrogen and oxygen atoms in total. The first-order chi connectivity index (χ1) is 34.0. The molecule has 0 amide bonds. The lowest BCUT2D eigenvalue weighted by Crippen LogP contribution is -2.74. The van der Waals surface area contributed by atoms with Crippen molar-refractivity contribution in [3.63, 3.8) is 0 Å². The zero-order valence-corrected chi connectivity index (χ0v) is 43.4. The number of hydrogen-bond acceptors (Lipinski definition) is 20. The van der Waals surface area contributed by atoms with Crippen LogP contribution < -0.4 is 0 Å². The Kier molecular flexibility index (Phi) is 15.7. The van der Waals surface area contributed by atoms with Crippen molar-refractivity contribution in [2.75, 3.05) is 19.8 Å². The van der Waals surface area contributed by atoms with E-state index in [1.807, 2.05) is 20.8 Å². The molecule has 5 aliphatic carbocycles. The number of ether oxygens (including phenoxy) is 7. The van der Waals surface area contributed by atoms with Crippen molar-refractivity contribution in [3.05, 3.63) is 23.3 Å². The number of hydrogen-bond donors (Lipinski definition) is 12. The lowest BCUT2D eigenvalue weighted by molar-refractivity contribution is -0.392. The maximum Gasteiger partial charge on any atom is 0.335 e. The summed E-state index contributed by atoms with van der Waals surface area (Å²) < 4.78 is 42.5. The maximum atomic E-state index is 13.4. The topological polar surface area (TPSA) is 342 Å². The van der Waals surface area contributed by atoms with E-state index in [0.29, 0.717) is 50.5 Å². The number of fused-ring (bicyclic) bond motifs is 7. The average Bonchev–Trinajstić information content (AvgIpc) is 3.33. The second kappa shape index (κ2) is 20.2. The predicted molar refractivity (Wildman–Crippen MR) is 252 cm³/mol. The lowest BCUT2D eigenvalue weighted by atomic mass is 9.32. The molecule has 3 aliphatic heterocycles. The summed E-state index contributed by atoms with van der Waals surface area (Å²) in [6, 6.07) is 0. The largest absolute Gasteiger partial charge is 0.479 e. The fourth-order valence-electron chi connectivity index (χ4n) is 15.7. The van der Waals surface area contributed by atoms with E-state index in [4.69, 9.17) is 33.2 Å². The fraction of sp³-hybridized carbons (Fsp3) is 0.885. The summed E-state index contributed by atoms with van der Waals surface area (Å²) >= 11 is 0. The van der Waals surface area contributed by atoms with Gasteiger partial charge in [0.25, 0.3) is 0 Å². The predicted octanol–water partition coefficient (Wildman–Crippen LogP) is -0.225. The first kappa shape index (κ1) is 56.9. The second-order valence-electron chi connectivity index (χ2n) is 24.7. The minimum absolute atomic E-state index is 0.0629. The molecule has 3 heterocycles. The minimum Gasteiger partial charge on any atom is -0.479 e. The summed E-state index contributed by atoms with van der Waals surface area (Å²) in [7, 11) is 0. The van der Waals surface area contributed by atoms with Crippen LogP contribution in [0.15, 0.2) is 23.3 Å². The van der Waals surface area contributed by atoms with Gasteiger partial charge in [0.1, 0.15) is 67.1 Å². The highest BCUT2D eigenvalue weighted by atomic mass is 16.8. The van der Waals surface area contributed by atoms with E-state index >= 15 is 0 Å². The molecule has 73 heavy (non-hydrogen) atoms. The van der Waals surface area contributed by atoms with Crippen molar-refractivity contribution in [2.45, 2.75) is 218 Å². The van der Waals surface area contributed by atoms with Gasteiger partial charge in [-0.05, 0) is 98.2 Å². The number of aliphatic hydroxyl groups excluding tert-OH is 11. The number of carboxylic acids is 1. The number of aliphatic carboxylic acids is 1. The van der Waals surface area contributed by atoms with Gasteiger partial charge in [-0.3, -0.25) is 0 Å². The van der Waals surface area contributed by atoms with Crippen LogP contribution in [0, 0.1) is 50.2 Å². The summed E-state index contributed by atoms with van der Waals surface area (Å²) in [5.41, 5.74) is -3.15. The number of esters is 1. The van der Waals surface area contributed by atoms with E-state index in [0.717, 1.165) is 5.57 Å². The van der Waals surface area contributed by atoms with Gasteiger partial charge in [0.05, 0.1) is 43.5 Å². The van der Waals surface area contributed by atoms with Crippen molar-refractivity contribution in [3.8, 4) is 0 Å². The summed E-state index contributed by atoms with van der Waals surface area (Å²) in [6.45, 7) is 16.3. The first-order valence-corrected chi connectivity index (χ1v) is 26.0. The minimum atomic E-state index is -2.10. The molecule has 0 unspecified atom stereocenters. The van der Waals surface area contributed by atoms with Gasteiger partial charge in [-0.15, -0.1) is 0 Å². The van der Waals surface area contributed by atoms with Crippen molar-refractivity contribution in [1.82, 2.24) is 0 Å². The molecule has 8 rings (SSSR count). The molecular weight excluding hydrogens is 961 g/mol. The number of rotatable bonds is 11. The van der Waals surface area contributed by atoms with Gasteiger partial charge in [0.2, 0.25) is 0 Å². The Hall–Kier alpha value is -2.26. The number of carboxylic acid groups (broad SMARTS) is 1. The molecule has 12 N–H and O–H groups in total. The number of allylic oxidation sites excluding steroid dienone is 2. The highest BCUT2D eigenvalue weighted by molar-refractivity contribution is 5.87. The van der Waals surface area contributed by atoms with E-state index in [9.17, 15) is 70.9 Å². The van der Waals surface area contributed by atoms with Gasteiger partial charge >= 0.3 is 11.9 Å². The normalized spacial score (nSPS) is 51.6. The van der Waals surface area contributed by atoms with Crippen molar-refractivity contribution < 1.29 is 104 Å². The molecule has 0 bridgehead atoms. The third-order valence-electron chi connectivity index (χ3n) is 20.1. The number of carbonyl (C=O) groups excluding carboxylic acids is 1. The van der Waals surface area contributed by atoms with Gasteiger partial charge in [-0.1, -0.05) is 66.2 Å². The highest BCUT2D eigenvalue weighted by Crippen LogP contribution is 2.76. The Morgan fingerprint density at radius 2 is 1.38 bits per heavy atom. The molecule has 7 fully saturated rings. The molecule has 0 aromatic heterocycles. The Balaban J connectivity index is 1.12. The standard InChI is InChI=1S/C52H82O21/c1-10-22(2)43(66)69-30-18-47(3,4)17-24-23-11-12-28-49(7)15-14-29(48(5,6)27(49)13-16-50(28,8)51(23,9)40(62)41(63)52(24,30)21-54)70-46-39(73-45-35(60)33(58)32(57)26(19-53)68-45)37(36(61)38(72-46)42(64)65)71-44-34(59)31(56)25(55)20-67-44/h10-11,24-41,44-46,53-63H,12-21H2,1-9H3,(H,64,65)/b22-10+/t24-,25+,26+,27-,28+,29-,30-,31-,32+,33-,34+,35+,36-,37-,38-,39+,40-,41+,44-,45-,46+,49-,50+,51-,52+/m0/s1. The van der Waals surface area contributed by atoms with Crippen LogP contribution in [0.25, 0.3) is 0 Å². The Labute approximate surface area is 426 Å². The van der Waals surface area contributed by atoms with Gasteiger partial charge in [0, 0.05) is 11.0 Å². The highest BCUT2D eigenvalue weighted by Gasteiger charge is 2.75. The van der Waals surface area contributed by atoms with E-state index < -0.39 is 175 Å². The van der Waals surface area contributed by atoms with E-state index in [2.05, 4.69) is 33.8 Å². The lowest BCUT2D eigenvalue weighted by Gasteiger charge is -2.73. The summed E-state index contributed by atoms with van der Waals surface area (Å²) in [6.07, 6.45) is -22.3. The molecular formula is C52H82O21. The number of aliphatic hydroxyl groups is 11. The molecule has 4 saturated carbocycles.